The zero-order chi connectivity index (χ0) is 19.7. The van der Waals surface area contributed by atoms with Gasteiger partial charge in [-0.25, -0.2) is 0 Å². The van der Waals surface area contributed by atoms with Crippen LogP contribution in [0.5, 0.6) is 0 Å². The van der Waals surface area contributed by atoms with Gasteiger partial charge in [0.25, 0.3) is 0 Å². The maximum atomic E-state index is 10.2. The van der Waals surface area contributed by atoms with Crippen LogP contribution in [0.3, 0.4) is 0 Å². The second-order valence-corrected chi connectivity index (χ2v) is 4.36. The van der Waals surface area contributed by atoms with Crippen LogP contribution < -0.4 is 0 Å². The predicted molar refractivity (Wildman–Crippen MR) is 87.7 cm³/mol. The molecule has 0 fully saturated rings. The molecule has 9 nitrogen and oxygen atoms in total. The van der Waals surface area contributed by atoms with E-state index in [9.17, 15) is 28.8 Å². The van der Waals surface area contributed by atoms with Gasteiger partial charge in [0, 0.05) is 17.4 Å². The van der Waals surface area contributed by atoms with E-state index in [2.05, 4.69) is 14.2 Å². The fourth-order valence-corrected chi connectivity index (χ4v) is 0.826. The molecule has 10 heteroatoms. The van der Waals surface area contributed by atoms with Gasteiger partial charge in [-0.2, -0.15) is 0 Å². The molecule has 0 heterocycles. The molecule has 3 radical (unpaired) electrons. The van der Waals surface area contributed by atoms with Crippen molar-refractivity contribution in [2.75, 3.05) is 21.3 Å². The molecule has 0 saturated heterocycles. The van der Waals surface area contributed by atoms with Gasteiger partial charge in [0.15, 0.2) is 0 Å². The Labute approximate surface area is 157 Å². The Morgan fingerprint density at radius 3 is 0.720 bits per heavy atom. The van der Waals surface area contributed by atoms with Gasteiger partial charge in [0.2, 0.25) is 0 Å². The van der Waals surface area contributed by atoms with Crippen molar-refractivity contribution in [2.45, 2.75) is 40.0 Å². The summed E-state index contributed by atoms with van der Waals surface area (Å²) in [6.07, 6.45) is -0.344. The standard InChI is InChI=1S/3C5H8O3.Al/c3*1-4(6)3-5(7)8-2;/h3*3H2,1-2H3;. The van der Waals surface area contributed by atoms with Crippen LogP contribution in [0.1, 0.15) is 40.0 Å². The number of hydrogen-bond acceptors (Lipinski definition) is 9. The van der Waals surface area contributed by atoms with Crippen molar-refractivity contribution in [1.29, 1.82) is 0 Å². The van der Waals surface area contributed by atoms with Crippen LogP contribution in [-0.2, 0) is 43.0 Å². The zero-order valence-electron chi connectivity index (χ0n) is 15.4. The molecule has 0 aliphatic rings. The van der Waals surface area contributed by atoms with Crippen molar-refractivity contribution < 1.29 is 43.0 Å². The van der Waals surface area contributed by atoms with Gasteiger partial charge in [-0.15, -0.1) is 0 Å². The number of carbonyl (C=O) groups is 6. The van der Waals surface area contributed by atoms with Gasteiger partial charge < -0.3 is 14.2 Å². The number of esters is 3. The highest BCUT2D eigenvalue weighted by molar-refractivity contribution is 5.94. The molecular weight excluding hydrogens is 351 g/mol. The third-order valence-electron chi connectivity index (χ3n) is 1.86. The molecule has 0 spiro atoms. The molecule has 0 bridgehead atoms. The zero-order valence-corrected chi connectivity index (χ0v) is 16.5. The van der Waals surface area contributed by atoms with E-state index in [4.69, 9.17) is 0 Å². The van der Waals surface area contributed by atoms with Crippen LogP contribution in [0.2, 0.25) is 0 Å². The summed E-state index contributed by atoms with van der Waals surface area (Å²) in [5, 5.41) is 0. The molecule has 0 aliphatic carbocycles. The highest BCUT2D eigenvalue weighted by Crippen LogP contribution is 1.84. The molecule has 0 amide bonds. The number of Topliss-reactive ketones (excluding diaryl/α,β-unsaturated/α-hetero) is 3. The molecule has 0 aliphatic heterocycles. The third-order valence-corrected chi connectivity index (χ3v) is 1.86. The molecule has 0 aromatic heterocycles. The Hall–Kier alpha value is -2.05. The summed E-state index contributed by atoms with van der Waals surface area (Å²) in [7, 11) is 3.77. The Morgan fingerprint density at radius 1 is 0.520 bits per heavy atom. The second-order valence-electron chi connectivity index (χ2n) is 4.36. The Balaban J connectivity index is -0.000000130. The predicted octanol–water partition coefficient (Wildman–Crippen LogP) is 0.0347. The molecule has 0 aromatic carbocycles. The van der Waals surface area contributed by atoms with Gasteiger partial charge in [-0.05, 0) is 20.8 Å². The van der Waals surface area contributed by atoms with E-state index in [1.165, 1.54) is 42.1 Å². The quantitative estimate of drug-likeness (QED) is 0.273. The molecule has 0 rings (SSSR count). The summed E-state index contributed by atoms with van der Waals surface area (Å²) < 4.78 is 12.6. The first-order valence-corrected chi connectivity index (χ1v) is 6.68. The van der Waals surface area contributed by atoms with Gasteiger partial charge >= 0.3 is 17.9 Å². The smallest absolute Gasteiger partial charge is 0.313 e. The van der Waals surface area contributed by atoms with Crippen LogP contribution >= 0.6 is 0 Å². The van der Waals surface area contributed by atoms with Crippen LogP contribution in [0.15, 0.2) is 0 Å². The van der Waals surface area contributed by atoms with Crippen molar-refractivity contribution >= 4 is 52.6 Å². The number of ketones is 3. The van der Waals surface area contributed by atoms with Gasteiger partial charge in [0.1, 0.15) is 36.6 Å². The van der Waals surface area contributed by atoms with Crippen LogP contribution in [0.25, 0.3) is 0 Å². The van der Waals surface area contributed by atoms with E-state index < -0.39 is 17.9 Å². The van der Waals surface area contributed by atoms with E-state index >= 15 is 0 Å². The summed E-state index contributed by atoms with van der Waals surface area (Å²) in [5.74, 6) is -1.93. The minimum atomic E-state index is -0.475. The Kier molecular flexibility index (Phi) is 24.6. The monoisotopic (exact) mass is 375 g/mol. The largest absolute Gasteiger partial charge is 0.469 e. The minimum Gasteiger partial charge on any atom is -0.469 e. The van der Waals surface area contributed by atoms with Gasteiger partial charge in [-0.1, -0.05) is 0 Å². The molecule has 141 valence electrons. The summed E-state index contributed by atoms with van der Waals surface area (Å²) in [6, 6.07) is 0. The van der Waals surface area contributed by atoms with E-state index in [0.717, 1.165) is 0 Å². The first-order valence-electron chi connectivity index (χ1n) is 6.68. The fraction of sp³-hybridized carbons (Fsp3) is 0.600. The molecule has 0 N–H and O–H groups in total. The highest BCUT2D eigenvalue weighted by atomic mass is 27.0. The lowest BCUT2D eigenvalue weighted by Crippen LogP contribution is -2.05. The van der Waals surface area contributed by atoms with Gasteiger partial charge in [0.05, 0.1) is 21.3 Å². The topological polar surface area (TPSA) is 130 Å². The summed E-state index contributed by atoms with van der Waals surface area (Å²) in [6.45, 7) is 4.03. The SMILES string of the molecule is COC(=O)CC(C)=O.COC(=O)CC(C)=O.COC(=O)CC(C)=O.[Al]. The van der Waals surface area contributed by atoms with Crippen molar-refractivity contribution in [3.63, 3.8) is 0 Å². The average Bonchev–Trinajstić information content (AvgIpc) is 2.46. The van der Waals surface area contributed by atoms with E-state index in [-0.39, 0.29) is 54.0 Å². The van der Waals surface area contributed by atoms with E-state index in [1.54, 1.807) is 0 Å². The first kappa shape index (κ1) is 30.8. The van der Waals surface area contributed by atoms with E-state index in [0.29, 0.717) is 0 Å². The molecular formula is C15H24AlO9. The summed E-state index contributed by atoms with van der Waals surface area (Å²) in [5.41, 5.74) is 0. The summed E-state index contributed by atoms with van der Waals surface area (Å²) >= 11 is 0. The fourth-order valence-electron chi connectivity index (χ4n) is 0.826. The highest BCUT2D eigenvalue weighted by Gasteiger charge is 2.02. The van der Waals surface area contributed by atoms with Crippen molar-refractivity contribution in [3.8, 4) is 0 Å². The average molecular weight is 375 g/mol. The minimum absolute atomic E-state index is 0. The molecule has 0 unspecified atom stereocenters. The van der Waals surface area contributed by atoms with E-state index in [1.807, 2.05) is 0 Å². The van der Waals surface area contributed by atoms with Crippen LogP contribution in [-0.4, -0.2) is 73.9 Å². The van der Waals surface area contributed by atoms with Crippen molar-refractivity contribution in [3.05, 3.63) is 0 Å². The van der Waals surface area contributed by atoms with Crippen LogP contribution in [0, 0.1) is 0 Å². The number of methoxy groups -OCH3 is 3. The number of ether oxygens (including phenoxy) is 3. The van der Waals surface area contributed by atoms with Crippen LogP contribution in [0.4, 0.5) is 0 Å². The number of rotatable bonds is 6. The summed E-state index contributed by atoms with van der Waals surface area (Å²) in [4.78, 5) is 60.9. The van der Waals surface area contributed by atoms with Gasteiger partial charge in [-0.3, -0.25) is 28.8 Å². The van der Waals surface area contributed by atoms with Crippen molar-refractivity contribution in [1.82, 2.24) is 0 Å². The first-order chi connectivity index (χ1) is 11.0. The lowest BCUT2D eigenvalue weighted by Gasteiger charge is -1.90. The number of hydrogen-bond donors (Lipinski definition) is 0. The second kappa shape index (κ2) is 20.0. The molecule has 0 atom stereocenters. The Morgan fingerprint density at radius 2 is 0.680 bits per heavy atom. The maximum Gasteiger partial charge on any atom is 0.313 e. The third kappa shape index (κ3) is 34.3. The lowest BCUT2D eigenvalue weighted by atomic mass is 10.3. The van der Waals surface area contributed by atoms with Crippen molar-refractivity contribution in [2.24, 2.45) is 0 Å². The number of carbonyl (C=O) groups excluding carboxylic acids is 6. The molecule has 0 aromatic rings. The lowest BCUT2D eigenvalue weighted by molar-refractivity contribution is -0.144. The Bertz CT molecular complexity index is 391. The molecule has 0 saturated carbocycles. The molecule has 25 heavy (non-hydrogen) atoms. The maximum absolute atomic E-state index is 10.2. The normalized spacial score (nSPS) is 7.92.